The molecule has 0 radical (unpaired) electrons. The Morgan fingerprint density at radius 1 is 0.902 bits per heavy atom. The Kier molecular flexibility index (Phi) is 10.6. The second-order valence-corrected chi connectivity index (χ2v) is 10.1. The van der Waals surface area contributed by atoms with Crippen LogP contribution in [0.15, 0.2) is 41.6 Å². The monoisotopic (exact) mass is 584 g/mol. The number of ether oxygens (including phenoxy) is 5. The molecule has 2 heterocycles. The van der Waals surface area contributed by atoms with Gasteiger partial charge in [-0.3, -0.25) is 24.0 Å². The number of carbonyl (C=O) groups excluding carboxylic acids is 5. The molecular weight excluding hydrogens is 556 g/mol. The summed E-state index contributed by atoms with van der Waals surface area (Å²) in [4.78, 5) is 65.0. The molecule has 0 N–H and O–H groups in total. The lowest BCUT2D eigenvalue weighted by atomic mass is 9.98. The van der Waals surface area contributed by atoms with Crippen LogP contribution < -0.4 is 0 Å². The molecule has 0 spiro atoms. The summed E-state index contributed by atoms with van der Waals surface area (Å²) in [5.74, 6) is -3.24. The van der Waals surface area contributed by atoms with Crippen molar-refractivity contribution in [1.29, 1.82) is 5.26 Å². The predicted octanol–water partition coefficient (Wildman–Crippen LogP) is 2.67. The fraction of sp³-hybridized carbons (Fsp3) is 0.393. The summed E-state index contributed by atoms with van der Waals surface area (Å²) < 4.78 is 27.5. The molecule has 1 aliphatic heterocycles. The van der Waals surface area contributed by atoms with Crippen LogP contribution in [-0.4, -0.2) is 71.1 Å². The van der Waals surface area contributed by atoms with Gasteiger partial charge < -0.3 is 23.7 Å². The van der Waals surface area contributed by atoms with Gasteiger partial charge in [0.25, 0.3) is 0 Å². The Morgan fingerprint density at radius 3 is 2.05 bits per heavy atom. The summed E-state index contributed by atoms with van der Waals surface area (Å²) in [6.45, 7) is 5.76. The molecule has 0 bridgehead atoms. The maximum atomic E-state index is 13.1. The molecule has 2 aromatic rings. The smallest absolute Gasteiger partial charge is 0.303 e. The molecular formula is C28H28N2O10S. The summed E-state index contributed by atoms with van der Waals surface area (Å²) >= 11 is 0.869. The highest BCUT2D eigenvalue weighted by atomic mass is 32.2. The van der Waals surface area contributed by atoms with E-state index < -0.39 is 60.3 Å². The normalized spacial score (nSPS) is 21.6. The van der Waals surface area contributed by atoms with Crippen LogP contribution in [0.4, 0.5) is 0 Å². The first-order chi connectivity index (χ1) is 19.4. The molecule has 1 aliphatic rings. The number of esters is 4. The van der Waals surface area contributed by atoms with Crippen LogP contribution in [-0.2, 0) is 42.9 Å². The van der Waals surface area contributed by atoms with Gasteiger partial charge in [0.1, 0.15) is 23.8 Å². The van der Waals surface area contributed by atoms with Gasteiger partial charge in [-0.2, -0.15) is 5.26 Å². The zero-order valence-corrected chi connectivity index (χ0v) is 23.8. The molecule has 5 atom stereocenters. The van der Waals surface area contributed by atoms with Crippen molar-refractivity contribution >= 4 is 41.4 Å². The average molecular weight is 585 g/mol. The lowest BCUT2D eigenvalue weighted by Gasteiger charge is -2.44. The third-order valence-corrected chi connectivity index (χ3v) is 7.02. The van der Waals surface area contributed by atoms with E-state index in [1.54, 1.807) is 37.3 Å². The maximum absolute atomic E-state index is 13.1. The Morgan fingerprint density at radius 2 is 1.49 bits per heavy atom. The van der Waals surface area contributed by atoms with E-state index >= 15 is 0 Å². The minimum atomic E-state index is -1.36. The van der Waals surface area contributed by atoms with E-state index in [0.29, 0.717) is 11.1 Å². The third-order valence-electron chi connectivity index (χ3n) is 5.87. The SMILES string of the molecule is CC(=O)OC[C@H]1O[C@@H](Sc2ncc(C(=O)c3ccccc3)c(C)c2C#N)[C@H](OC(C)=O)[C@@H](OC(C)=O)[C@@H]1OC(C)=O. The zero-order chi connectivity index (χ0) is 30.3. The van der Waals surface area contributed by atoms with E-state index in [9.17, 15) is 29.2 Å². The Bertz CT molecular complexity index is 1370. The molecule has 1 fully saturated rings. The van der Waals surface area contributed by atoms with Crippen LogP contribution in [0, 0.1) is 18.3 Å². The maximum Gasteiger partial charge on any atom is 0.303 e. The Labute approximate surface area is 240 Å². The number of ketones is 1. The molecule has 13 heteroatoms. The van der Waals surface area contributed by atoms with Crippen molar-refractivity contribution in [3.63, 3.8) is 0 Å². The van der Waals surface area contributed by atoms with Crippen LogP contribution in [0.5, 0.6) is 0 Å². The van der Waals surface area contributed by atoms with E-state index in [2.05, 4.69) is 11.1 Å². The number of pyridine rings is 1. The van der Waals surface area contributed by atoms with Crippen LogP contribution in [0.1, 0.15) is 54.7 Å². The first kappa shape index (κ1) is 31.3. The summed E-state index contributed by atoms with van der Waals surface area (Å²) in [5, 5.41) is 10.1. The Balaban J connectivity index is 2.05. The van der Waals surface area contributed by atoms with Crippen molar-refractivity contribution < 1.29 is 47.7 Å². The fourth-order valence-electron chi connectivity index (χ4n) is 4.17. The lowest BCUT2D eigenvalue weighted by Crippen LogP contribution is -2.61. The van der Waals surface area contributed by atoms with Gasteiger partial charge >= 0.3 is 23.9 Å². The van der Waals surface area contributed by atoms with E-state index in [-0.39, 0.29) is 21.9 Å². The number of nitrogens with zero attached hydrogens (tertiary/aromatic N) is 2. The largest absolute Gasteiger partial charge is 0.463 e. The van der Waals surface area contributed by atoms with Gasteiger partial charge in [0.05, 0.1) is 5.56 Å². The van der Waals surface area contributed by atoms with Crippen molar-refractivity contribution in [2.75, 3.05) is 6.61 Å². The number of rotatable bonds is 9. The Hall–Kier alpha value is -4.28. The minimum absolute atomic E-state index is 0.0737. The standard InChI is InChI=1S/C28H28N2O10S/c1-14-20(11-29)27(30-12-21(14)23(35)19-9-7-6-8-10-19)41-28-26(39-18(5)34)25(38-17(4)33)24(37-16(3)32)22(40-28)13-36-15(2)31/h6-10,12,22,24-26,28H,13H2,1-5H3/t22-,24-,25+,26-,28+/m1/s1. The number of nitriles is 1. The van der Waals surface area contributed by atoms with Crippen molar-refractivity contribution in [2.24, 2.45) is 0 Å². The van der Waals surface area contributed by atoms with Crippen LogP contribution in [0.3, 0.4) is 0 Å². The van der Waals surface area contributed by atoms with E-state index in [4.69, 9.17) is 23.7 Å². The highest BCUT2D eigenvalue weighted by molar-refractivity contribution is 7.99. The van der Waals surface area contributed by atoms with Gasteiger partial charge in [-0.15, -0.1) is 0 Å². The summed E-state index contributed by atoms with van der Waals surface area (Å²) in [6.07, 6.45) is -3.83. The van der Waals surface area contributed by atoms with Crippen molar-refractivity contribution in [3.05, 3.63) is 58.8 Å². The van der Waals surface area contributed by atoms with Crippen LogP contribution in [0.25, 0.3) is 0 Å². The van der Waals surface area contributed by atoms with Crippen LogP contribution in [0.2, 0.25) is 0 Å². The van der Waals surface area contributed by atoms with Gasteiger partial charge in [0, 0.05) is 45.0 Å². The van der Waals surface area contributed by atoms with Crippen molar-refractivity contribution in [2.45, 2.75) is 69.5 Å². The highest BCUT2D eigenvalue weighted by Crippen LogP contribution is 2.39. The van der Waals surface area contributed by atoms with Crippen LogP contribution >= 0.6 is 11.8 Å². The fourth-order valence-corrected chi connectivity index (χ4v) is 5.36. The molecule has 12 nitrogen and oxygen atoms in total. The van der Waals surface area contributed by atoms with Gasteiger partial charge in [-0.25, -0.2) is 4.98 Å². The molecule has 0 saturated carbocycles. The number of hydrogen-bond donors (Lipinski definition) is 0. The van der Waals surface area contributed by atoms with Crippen molar-refractivity contribution in [3.8, 4) is 6.07 Å². The number of benzene rings is 1. The summed E-state index contributed by atoms with van der Waals surface area (Å²) in [7, 11) is 0. The first-order valence-corrected chi connectivity index (χ1v) is 13.3. The highest BCUT2D eigenvalue weighted by Gasteiger charge is 2.52. The van der Waals surface area contributed by atoms with E-state index in [1.165, 1.54) is 13.1 Å². The summed E-state index contributed by atoms with van der Waals surface area (Å²) in [6, 6.07) is 10.6. The molecule has 0 aliphatic carbocycles. The number of aromatic nitrogens is 1. The lowest BCUT2D eigenvalue weighted by molar-refractivity contribution is -0.237. The predicted molar refractivity (Wildman–Crippen MR) is 141 cm³/mol. The minimum Gasteiger partial charge on any atom is -0.463 e. The second kappa shape index (κ2) is 13.9. The zero-order valence-electron chi connectivity index (χ0n) is 22.9. The number of thioether (sulfide) groups is 1. The first-order valence-electron chi connectivity index (χ1n) is 12.4. The van der Waals surface area contributed by atoms with E-state index in [1.807, 2.05) is 0 Å². The third kappa shape index (κ3) is 7.90. The molecule has 1 saturated heterocycles. The molecule has 0 unspecified atom stereocenters. The average Bonchev–Trinajstić information content (AvgIpc) is 2.90. The second-order valence-electron chi connectivity index (χ2n) is 8.97. The number of carbonyl (C=O) groups is 5. The molecule has 1 aromatic heterocycles. The van der Waals surface area contributed by atoms with Gasteiger partial charge in [-0.05, 0) is 12.5 Å². The topological polar surface area (TPSA) is 168 Å². The van der Waals surface area contributed by atoms with Gasteiger partial charge in [-0.1, -0.05) is 42.1 Å². The molecule has 0 amide bonds. The van der Waals surface area contributed by atoms with Gasteiger partial charge in [0.2, 0.25) is 0 Å². The molecule has 41 heavy (non-hydrogen) atoms. The number of hydrogen-bond acceptors (Lipinski definition) is 13. The van der Waals surface area contributed by atoms with E-state index in [0.717, 1.165) is 32.5 Å². The van der Waals surface area contributed by atoms with Gasteiger partial charge in [0.15, 0.2) is 29.5 Å². The molecule has 3 rings (SSSR count). The summed E-state index contributed by atoms with van der Waals surface area (Å²) in [5.41, 5.74) is -0.0978. The quantitative estimate of drug-likeness (QED) is 0.240. The molecule has 216 valence electrons. The molecule has 1 aromatic carbocycles. The van der Waals surface area contributed by atoms with Crippen molar-refractivity contribution in [1.82, 2.24) is 4.98 Å².